The summed E-state index contributed by atoms with van der Waals surface area (Å²) in [5.74, 6) is -0.957. The number of piperazine rings is 1. The van der Waals surface area contributed by atoms with Gasteiger partial charge in [0, 0.05) is 42.0 Å². The van der Waals surface area contributed by atoms with E-state index in [1.165, 1.54) is 0 Å². The molecular formula is C16H21ClN2O2. The van der Waals surface area contributed by atoms with Gasteiger partial charge >= 0.3 is 5.97 Å². The molecule has 0 aliphatic carbocycles. The quantitative estimate of drug-likeness (QED) is 0.872. The van der Waals surface area contributed by atoms with Gasteiger partial charge in [0.1, 0.15) is 0 Å². The van der Waals surface area contributed by atoms with Crippen LogP contribution < -0.4 is 4.90 Å². The SMILES string of the molecule is CC1CN(c2ccc(Cl)cc2/C=C/C(=O)O)CC(C)N1C. The average molecular weight is 309 g/mol. The van der Waals surface area contributed by atoms with Gasteiger partial charge in [0.15, 0.2) is 0 Å². The molecule has 2 atom stereocenters. The summed E-state index contributed by atoms with van der Waals surface area (Å²) < 4.78 is 0. The average Bonchev–Trinajstić information content (AvgIpc) is 2.42. The van der Waals surface area contributed by atoms with Crippen molar-refractivity contribution >= 4 is 29.3 Å². The first-order valence-corrected chi connectivity index (χ1v) is 7.43. The van der Waals surface area contributed by atoms with E-state index < -0.39 is 5.97 Å². The van der Waals surface area contributed by atoms with Crippen LogP contribution in [0, 0.1) is 0 Å². The number of benzene rings is 1. The van der Waals surface area contributed by atoms with Crippen LogP contribution >= 0.6 is 11.6 Å². The van der Waals surface area contributed by atoms with Gasteiger partial charge in [-0.05, 0) is 50.7 Å². The highest BCUT2D eigenvalue weighted by molar-refractivity contribution is 6.30. The summed E-state index contributed by atoms with van der Waals surface area (Å²) in [5.41, 5.74) is 1.87. The molecular weight excluding hydrogens is 288 g/mol. The molecule has 0 aromatic heterocycles. The Bertz CT molecular complexity index is 547. The summed E-state index contributed by atoms with van der Waals surface area (Å²) in [5, 5.41) is 9.43. The second-order valence-corrected chi connectivity index (χ2v) is 6.08. The normalized spacial score (nSPS) is 23.7. The molecule has 1 fully saturated rings. The highest BCUT2D eigenvalue weighted by Crippen LogP contribution is 2.28. The van der Waals surface area contributed by atoms with Crippen LogP contribution in [0.5, 0.6) is 0 Å². The van der Waals surface area contributed by atoms with Crippen molar-refractivity contribution in [3.63, 3.8) is 0 Å². The number of halogens is 1. The third kappa shape index (κ3) is 3.77. The monoisotopic (exact) mass is 308 g/mol. The standard InChI is InChI=1S/C16H21ClN2O2/c1-11-9-19(10-12(2)18(11)3)15-6-5-14(17)8-13(15)4-7-16(20)21/h4-8,11-12H,9-10H2,1-3H3,(H,20,21)/b7-4+. The van der Waals surface area contributed by atoms with Crippen LogP contribution in [-0.2, 0) is 4.79 Å². The molecule has 1 aliphatic rings. The first kappa shape index (κ1) is 15.9. The second kappa shape index (κ2) is 6.50. The molecule has 21 heavy (non-hydrogen) atoms. The number of nitrogens with zero attached hydrogens (tertiary/aromatic N) is 2. The highest BCUT2D eigenvalue weighted by atomic mass is 35.5. The number of rotatable bonds is 3. The molecule has 114 valence electrons. The lowest BCUT2D eigenvalue weighted by Gasteiger charge is -2.44. The number of likely N-dealkylation sites (N-methyl/N-ethyl adjacent to an activating group) is 1. The molecule has 0 bridgehead atoms. The van der Waals surface area contributed by atoms with Crippen LogP contribution in [0.15, 0.2) is 24.3 Å². The fourth-order valence-electron chi connectivity index (χ4n) is 2.71. The molecule has 2 unspecified atom stereocenters. The van der Waals surface area contributed by atoms with Gasteiger partial charge in [0.2, 0.25) is 0 Å². The lowest BCUT2D eigenvalue weighted by Crippen LogP contribution is -2.55. The van der Waals surface area contributed by atoms with E-state index in [0.717, 1.165) is 30.4 Å². The van der Waals surface area contributed by atoms with Crippen LogP contribution in [-0.4, -0.2) is 48.2 Å². The number of hydrogen-bond acceptors (Lipinski definition) is 3. The molecule has 0 radical (unpaired) electrons. The maximum atomic E-state index is 10.8. The highest BCUT2D eigenvalue weighted by Gasteiger charge is 2.27. The Morgan fingerprint density at radius 3 is 2.52 bits per heavy atom. The molecule has 4 nitrogen and oxygen atoms in total. The summed E-state index contributed by atoms with van der Waals surface area (Å²) in [6, 6.07) is 6.52. The Hall–Kier alpha value is -1.52. The van der Waals surface area contributed by atoms with E-state index in [-0.39, 0.29) is 0 Å². The first-order valence-electron chi connectivity index (χ1n) is 7.06. The van der Waals surface area contributed by atoms with Crippen LogP contribution in [0.3, 0.4) is 0 Å². The fraction of sp³-hybridized carbons (Fsp3) is 0.438. The molecule has 1 saturated heterocycles. The summed E-state index contributed by atoms with van der Waals surface area (Å²) in [4.78, 5) is 15.4. The number of hydrogen-bond donors (Lipinski definition) is 1. The molecule has 1 aromatic carbocycles. The maximum absolute atomic E-state index is 10.8. The maximum Gasteiger partial charge on any atom is 0.328 e. The van der Waals surface area contributed by atoms with E-state index in [4.69, 9.17) is 16.7 Å². The van der Waals surface area contributed by atoms with Crippen molar-refractivity contribution in [1.82, 2.24) is 4.90 Å². The van der Waals surface area contributed by atoms with Crippen molar-refractivity contribution < 1.29 is 9.90 Å². The van der Waals surface area contributed by atoms with E-state index >= 15 is 0 Å². The number of carbonyl (C=O) groups is 1. The largest absolute Gasteiger partial charge is 0.478 e. The number of aliphatic carboxylic acids is 1. The molecule has 1 N–H and O–H groups in total. The van der Waals surface area contributed by atoms with E-state index in [1.54, 1.807) is 6.08 Å². The Morgan fingerprint density at radius 2 is 1.95 bits per heavy atom. The molecule has 1 aromatic rings. The van der Waals surface area contributed by atoms with Gasteiger partial charge in [0.05, 0.1) is 0 Å². The Kier molecular flexibility index (Phi) is 4.91. The van der Waals surface area contributed by atoms with E-state index in [0.29, 0.717) is 17.1 Å². The zero-order chi connectivity index (χ0) is 15.6. The fourth-order valence-corrected chi connectivity index (χ4v) is 2.89. The minimum atomic E-state index is -0.957. The molecule has 0 spiro atoms. The zero-order valence-corrected chi connectivity index (χ0v) is 13.3. The van der Waals surface area contributed by atoms with Gasteiger partial charge < -0.3 is 10.0 Å². The smallest absolute Gasteiger partial charge is 0.328 e. The molecule has 1 aliphatic heterocycles. The van der Waals surface area contributed by atoms with Crippen LogP contribution in [0.25, 0.3) is 6.08 Å². The van der Waals surface area contributed by atoms with Crippen LogP contribution in [0.2, 0.25) is 5.02 Å². The van der Waals surface area contributed by atoms with Crippen LogP contribution in [0.4, 0.5) is 5.69 Å². The Morgan fingerprint density at radius 1 is 1.33 bits per heavy atom. The van der Waals surface area contributed by atoms with E-state index in [2.05, 4.69) is 30.7 Å². The van der Waals surface area contributed by atoms with Crippen molar-refractivity contribution in [2.24, 2.45) is 0 Å². The van der Waals surface area contributed by atoms with Crippen molar-refractivity contribution in [2.75, 3.05) is 25.0 Å². The lowest BCUT2D eigenvalue weighted by molar-refractivity contribution is -0.131. The number of carboxylic acid groups (broad SMARTS) is 1. The van der Waals surface area contributed by atoms with Gasteiger partial charge in [0.25, 0.3) is 0 Å². The third-order valence-corrected chi connectivity index (χ3v) is 4.33. The van der Waals surface area contributed by atoms with Gasteiger partial charge in [-0.15, -0.1) is 0 Å². The predicted octanol–water partition coefficient (Wildman–Crippen LogP) is 2.97. The van der Waals surface area contributed by atoms with E-state index in [1.807, 2.05) is 18.2 Å². The minimum Gasteiger partial charge on any atom is -0.478 e. The summed E-state index contributed by atoms with van der Waals surface area (Å²) in [6.07, 6.45) is 2.76. The lowest BCUT2D eigenvalue weighted by atomic mass is 10.1. The minimum absolute atomic E-state index is 0.445. The van der Waals surface area contributed by atoms with Crippen molar-refractivity contribution in [2.45, 2.75) is 25.9 Å². The van der Waals surface area contributed by atoms with Crippen LogP contribution in [0.1, 0.15) is 19.4 Å². The van der Waals surface area contributed by atoms with Gasteiger partial charge in [-0.1, -0.05) is 11.6 Å². The van der Waals surface area contributed by atoms with Gasteiger partial charge in [-0.2, -0.15) is 0 Å². The van der Waals surface area contributed by atoms with Gasteiger partial charge in [-0.25, -0.2) is 4.79 Å². The summed E-state index contributed by atoms with van der Waals surface area (Å²) >= 11 is 6.04. The second-order valence-electron chi connectivity index (χ2n) is 5.64. The summed E-state index contributed by atoms with van der Waals surface area (Å²) in [6.45, 7) is 6.23. The van der Waals surface area contributed by atoms with E-state index in [9.17, 15) is 4.79 Å². The van der Waals surface area contributed by atoms with Crippen molar-refractivity contribution in [3.05, 3.63) is 34.9 Å². The van der Waals surface area contributed by atoms with Crippen molar-refractivity contribution in [3.8, 4) is 0 Å². The molecule has 0 saturated carbocycles. The number of carboxylic acids is 1. The topological polar surface area (TPSA) is 43.8 Å². The third-order valence-electron chi connectivity index (χ3n) is 4.10. The predicted molar refractivity (Wildman–Crippen MR) is 87.0 cm³/mol. The van der Waals surface area contributed by atoms with Gasteiger partial charge in [-0.3, -0.25) is 4.90 Å². The summed E-state index contributed by atoms with van der Waals surface area (Å²) in [7, 11) is 2.14. The Labute approximate surface area is 130 Å². The first-order chi connectivity index (χ1) is 9.88. The molecule has 5 heteroatoms. The Balaban J connectivity index is 2.32. The number of anilines is 1. The van der Waals surface area contributed by atoms with Crippen molar-refractivity contribution in [1.29, 1.82) is 0 Å². The molecule has 1 heterocycles. The zero-order valence-electron chi connectivity index (χ0n) is 12.6. The molecule has 2 rings (SSSR count). The molecule has 0 amide bonds.